The fourth-order valence-corrected chi connectivity index (χ4v) is 1.43. The van der Waals surface area contributed by atoms with Gasteiger partial charge in [-0.05, 0) is 6.07 Å². The van der Waals surface area contributed by atoms with E-state index in [0.29, 0.717) is 6.07 Å². The van der Waals surface area contributed by atoms with E-state index in [0.717, 1.165) is 6.07 Å². The van der Waals surface area contributed by atoms with Gasteiger partial charge in [-0.25, -0.2) is 13.8 Å². The molecule has 8 heteroatoms. The molecular formula is C10H5F5N2O. The van der Waals surface area contributed by atoms with Crippen LogP contribution in [0.15, 0.2) is 12.1 Å². The van der Waals surface area contributed by atoms with Crippen LogP contribution in [0, 0.1) is 11.6 Å². The van der Waals surface area contributed by atoms with Crippen molar-refractivity contribution in [3.05, 3.63) is 29.6 Å². The number of fused-ring (bicyclic) bond motifs is 1. The molecule has 0 radical (unpaired) electrons. The van der Waals surface area contributed by atoms with Crippen LogP contribution < -0.4 is 0 Å². The maximum Gasteiger partial charge on any atom is 0.450 e. The lowest BCUT2D eigenvalue weighted by atomic mass is 10.3. The van der Waals surface area contributed by atoms with Crippen molar-refractivity contribution < 1.29 is 26.7 Å². The van der Waals surface area contributed by atoms with Crippen molar-refractivity contribution in [1.82, 2.24) is 9.97 Å². The molecule has 0 saturated carbocycles. The second-order valence-electron chi connectivity index (χ2n) is 3.56. The summed E-state index contributed by atoms with van der Waals surface area (Å²) in [7, 11) is 0. The predicted molar refractivity (Wildman–Crippen MR) is 50.8 cm³/mol. The molecule has 0 aliphatic heterocycles. The van der Waals surface area contributed by atoms with E-state index in [9.17, 15) is 26.7 Å². The minimum Gasteiger partial charge on any atom is -0.341 e. The van der Waals surface area contributed by atoms with Crippen LogP contribution >= 0.6 is 0 Å². The average Bonchev–Trinajstić information content (AvgIpc) is 2.58. The van der Waals surface area contributed by atoms with E-state index >= 15 is 0 Å². The third kappa shape index (κ3) is 2.31. The molecule has 0 bridgehead atoms. The Labute approximate surface area is 96.6 Å². The highest BCUT2D eigenvalue weighted by Gasteiger charge is 2.38. The number of ketones is 1. The topological polar surface area (TPSA) is 45.8 Å². The largest absolute Gasteiger partial charge is 0.450 e. The number of rotatable bonds is 2. The van der Waals surface area contributed by atoms with Gasteiger partial charge in [0.1, 0.15) is 17.2 Å². The van der Waals surface area contributed by atoms with Gasteiger partial charge in [-0.2, -0.15) is 13.2 Å². The fraction of sp³-hybridized carbons (Fsp3) is 0.200. The summed E-state index contributed by atoms with van der Waals surface area (Å²) in [5.41, 5.74) is -0.404. The normalized spacial score (nSPS) is 12.1. The van der Waals surface area contributed by atoms with Crippen LogP contribution in [0.1, 0.15) is 5.82 Å². The summed E-state index contributed by atoms with van der Waals surface area (Å²) in [5, 5.41) is 0. The summed E-state index contributed by atoms with van der Waals surface area (Å²) < 4.78 is 62.1. The van der Waals surface area contributed by atoms with Gasteiger partial charge >= 0.3 is 6.18 Å². The molecule has 2 rings (SSSR count). The standard InChI is InChI=1S/C10H5F5N2O/c11-4-1-5(12)9-6(2-4)16-8(17-9)3-7(18)10(13,14)15/h1-2H,3H2,(H,16,17). The summed E-state index contributed by atoms with van der Waals surface area (Å²) in [6.45, 7) is 0. The number of carbonyl (C=O) groups excluding carboxylic acids is 1. The highest BCUT2D eigenvalue weighted by Crippen LogP contribution is 2.21. The molecule has 1 aromatic heterocycles. The molecule has 1 aromatic carbocycles. The van der Waals surface area contributed by atoms with Crippen molar-refractivity contribution in [3.8, 4) is 0 Å². The molecular weight excluding hydrogens is 259 g/mol. The quantitative estimate of drug-likeness (QED) is 0.847. The van der Waals surface area contributed by atoms with E-state index in [4.69, 9.17) is 0 Å². The van der Waals surface area contributed by atoms with Crippen LogP contribution in [0.3, 0.4) is 0 Å². The van der Waals surface area contributed by atoms with Crippen molar-refractivity contribution in [2.45, 2.75) is 12.6 Å². The van der Waals surface area contributed by atoms with Gasteiger partial charge in [0.05, 0.1) is 11.9 Å². The van der Waals surface area contributed by atoms with Gasteiger partial charge in [0, 0.05) is 6.07 Å². The van der Waals surface area contributed by atoms with Gasteiger partial charge in [0.2, 0.25) is 5.78 Å². The van der Waals surface area contributed by atoms with Crippen molar-refractivity contribution >= 4 is 16.8 Å². The van der Waals surface area contributed by atoms with E-state index in [2.05, 4.69) is 9.97 Å². The minimum absolute atomic E-state index is 0.0996. The second-order valence-corrected chi connectivity index (χ2v) is 3.56. The van der Waals surface area contributed by atoms with Gasteiger partial charge in [0.15, 0.2) is 5.82 Å². The molecule has 18 heavy (non-hydrogen) atoms. The van der Waals surface area contributed by atoms with E-state index in [1.54, 1.807) is 0 Å². The highest BCUT2D eigenvalue weighted by atomic mass is 19.4. The zero-order chi connectivity index (χ0) is 13.5. The Kier molecular flexibility index (Phi) is 2.80. The van der Waals surface area contributed by atoms with E-state index in [1.807, 2.05) is 0 Å². The molecule has 0 atom stereocenters. The Balaban J connectivity index is 2.37. The van der Waals surface area contributed by atoms with E-state index in [-0.39, 0.29) is 16.9 Å². The monoisotopic (exact) mass is 264 g/mol. The number of hydrogen-bond donors (Lipinski definition) is 1. The van der Waals surface area contributed by atoms with Gasteiger partial charge in [0.25, 0.3) is 0 Å². The van der Waals surface area contributed by atoms with Crippen molar-refractivity contribution in [2.24, 2.45) is 0 Å². The third-order valence-electron chi connectivity index (χ3n) is 2.20. The number of nitrogens with zero attached hydrogens (tertiary/aromatic N) is 1. The van der Waals surface area contributed by atoms with Crippen LogP contribution in [0.25, 0.3) is 11.0 Å². The Morgan fingerprint density at radius 3 is 2.56 bits per heavy atom. The first-order chi connectivity index (χ1) is 8.27. The van der Waals surface area contributed by atoms with Crippen LogP contribution in [0.5, 0.6) is 0 Å². The number of benzene rings is 1. The zero-order valence-electron chi connectivity index (χ0n) is 8.61. The van der Waals surface area contributed by atoms with Gasteiger partial charge in [-0.15, -0.1) is 0 Å². The summed E-state index contributed by atoms with van der Waals surface area (Å²) in [5.74, 6) is -4.27. The minimum atomic E-state index is -4.98. The fourth-order valence-electron chi connectivity index (χ4n) is 1.43. The smallest absolute Gasteiger partial charge is 0.341 e. The van der Waals surface area contributed by atoms with E-state index in [1.165, 1.54) is 0 Å². The summed E-state index contributed by atoms with van der Waals surface area (Å²) >= 11 is 0. The Hall–Kier alpha value is -1.99. The molecule has 0 aliphatic rings. The molecule has 0 fully saturated rings. The Morgan fingerprint density at radius 2 is 1.94 bits per heavy atom. The molecule has 2 aromatic rings. The number of H-pyrrole nitrogens is 1. The zero-order valence-corrected chi connectivity index (χ0v) is 8.61. The average molecular weight is 264 g/mol. The molecule has 0 unspecified atom stereocenters. The SMILES string of the molecule is O=C(Cc1nc2c(F)cc(F)cc2[nH]1)C(F)(F)F. The van der Waals surface area contributed by atoms with Crippen LogP contribution in [-0.2, 0) is 11.2 Å². The summed E-state index contributed by atoms with van der Waals surface area (Å²) in [6.07, 6.45) is -6.03. The number of carbonyl (C=O) groups is 1. The second kappa shape index (κ2) is 4.04. The number of aromatic amines is 1. The molecule has 0 aliphatic carbocycles. The number of halogens is 5. The maximum absolute atomic E-state index is 13.2. The first kappa shape index (κ1) is 12.5. The molecule has 1 N–H and O–H groups in total. The van der Waals surface area contributed by atoms with E-state index < -0.39 is 30.0 Å². The Morgan fingerprint density at radius 1 is 1.28 bits per heavy atom. The third-order valence-corrected chi connectivity index (χ3v) is 2.20. The van der Waals surface area contributed by atoms with Crippen molar-refractivity contribution in [1.29, 1.82) is 0 Å². The predicted octanol–water partition coefficient (Wildman–Crippen LogP) is 2.51. The van der Waals surface area contributed by atoms with Gasteiger partial charge in [-0.3, -0.25) is 4.79 Å². The Bertz CT molecular complexity index is 616. The van der Waals surface area contributed by atoms with Gasteiger partial charge in [-0.1, -0.05) is 0 Å². The van der Waals surface area contributed by atoms with Crippen molar-refractivity contribution in [2.75, 3.05) is 0 Å². The lowest BCUT2D eigenvalue weighted by Crippen LogP contribution is -2.24. The molecule has 0 spiro atoms. The molecule has 1 heterocycles. The molecule has 3 nitrogen and oxygen atoms in total. The summed E-state index contributed by atoms with van der Waals surface area (Å²) in [6, 6.07) is 1.44. The molecule has 0 amide bonds. The highest BCUT2D eigenvalue weighted by molar-refractivity contribution is 5.86. The number of imidazole rings is 1. The number of Topliss-reactive ketones (excluding diaryl/α,β-unsaturated/α-hetero) is 1. The van der Waals surface area contributed by atoms with Gasteiger partial charge < -0.3 is 4.98 Å². The lowest BCUT2D eigenvalue weighted by molar-refractivity contribution is -0.170. The summed E-state index contributed by atoms with van der Waals surface area (Å²) in [4.78, 5) is 16.5. The number of nitrogens with one attached hydrogen (secondary N) is 1. The lowest BCUT2D eigenvalue weighted by Gasteiger charge is -2.01. The first-order valence-corrected chi connectivity index (χ1v) is 4.71. The van der Waals surface area contributed by atoms with Crippen LogP contribution in [0.2, 0.25) is 0 Å². The molecule has 96 valence electrons. The van der Waals surface area contributed by atoms with Crippen LogP contribution in [-0.4, -0.2) is 21.9 Å². The molecule has 0 saturated heterocycles. The van der Waals surface area contributed by atoms with Crippen LogP contribution in [0.4, 0.5) is 22.0 Å². The van der Waals surface area contributed by atoms with Crippen molar-refractivity contribution in [3.63, 3.8) is 0 Å². The number of hydrogen-bond acceptors (Lipinski definition) is 2. The maximum atomic E-state index is 13.2. The number of aromatic nitrogens is 2. The number of alkyl halides is 3. The first-order valence-electron chi connectivity index (χ1n) is 4.71.